The second-order valence-corrected chi connectivity index (χ2v) is 7.05. The highest BCUT2D eigenvalue weighted by molar-refractivity contribution is 6.14. The Kier molecular flexibility index (Phi) is 5.14. The van der Waals surface area contributed by atoms with E-state index in [1.165, 1.54) is 11.8 Å². The third kappa shape index (κ3) is 3.36. The fraction of sp³-hybridized carbons (Fsp3) is 0.227. The van der Waals surface area contributed by atoms with E-state index in [9.17, 15) is 9.59 Å². The zero-order valence-electron chi connectivity index (χ0n) is 16.9. The zero-order valence-corrected chi connectivity index (χ0v) is 16.9. The summed E-state index contributed by atoms with van der Waals surface area (Å²) in [7, 11) is 1.27. The molecule has 2 aromatic carbocycles. The minimum atomic E-state index is -0.676. The van der Waals surface area contributed by atoms with Gasteiger partial charge in [0.25, 0.3) is 0 Å². The molecular formula is C22H21N5O3. The number of aryl methyl sites for hydroxylation is 2. The smallest absolute Gasteiger partial charge is 0.355 e. The van der Waals surface area contributed by atoms with E-state index in [0.717, 1.165) is 23.1 Å². The molecule has 30 heavy (non-hydrogen) atoms. The van der Waals surface area contributed by atoms with Crippen molar-refractivity contribution in [1.29, 1.82) is 0 Å². The maximum Gasteiger partial charge on any atom is 0.355 e. The number of benzene rings is 2. The number of carbonyl (C=O) groups excluding carboxylic acids is 2. The van der Waals surface area contributed by atoms with Crippen molar-refractivity contribution in [3.05, 3.63) is 82.1 Å². The number of anilines is 1. The molecule has 3 aromatic rings. The number of rotatable bonds is 5. The van der Waals surface area contributed by atoms with Gasteiger partial charge in [0.1, 0.15) is 11.7 Å². The third-order valence-electron chi connectivity index (χ3n) is 5.17. The van der Waals surface area contributed by atoms with Gasteiger partial charge in [0.05, 0.1) is 12.7 Å². The summed E-state index contributed by atoms with van der Waals surface area (Å²) in [5.41, 5.74) is 3.72. The van der Waals surface area contributed by atoms with E-state index >= 15 is 0 Å². The van der Waals surface area contributed by atoms with Gasteiger partial charge in [0.2, 0.25) is 5.95 Å². The first-order chi connectivity index (χ1) is 14.5. The Balaban J connectivity index is 1.92. The summed E-state index contributed by atoms with van der Waals surface area (Å²) in [6.07, 6.45) is 0.890. The van der Waals surface area contributed by atoms with Crippen molar-refractivity contribution >= 4 is 17.7 Å². The number of hydrogen-bond acceptors (Lipinski definition) is 7. The SMILES string of the molecule is CCc1ccc([C@@H]2C(C(=O)c3ccc(C)cc3)=C(C(=O)OC)Nc3nnnn32)cc1. The molecule has 0 radical (unpaired) electrons. The average molecular weight is 403 g/mol. The highest BCUT2D eigenvalue weighted by Crippen LogP contribution is 2.36. The number of fused-ring (bicyclic) bond motifs is 1. The van der Waals surface area contributed by atoms with Gasteiger partial charge in [-0.2, -0.15) is 4.68 Å². The molecule has 4 rings (SSSR count). The molecule has 0 bridgehead atoms. The fourth-order valence-electron chi connectivity index (χ4n) is 3.49. The van der Waals surface area contributed by atoms with Gasteiger partial charge in [0, 0.05) is 5.56 Å². The van der Waals surface area contributed by atoms with Gasteiger partial charge in [-0.05, 0) is 34.9 Å². The molecule has 1 atom stereocenters. The average Bonchev–Trinajstić information content (AvgIpc) is 3.26. The molecule has 1 N–H and O–H groups in total. The molecule has 2 heterocycles. The first-order valence-corrected chi connectivity index (χ1v) is 9.61. The van der Waals surface area contributed by atoms with Crippen LogP contribution in [0.4, 0.5) is 5.95 Å². The van der Waals surface area contributed by atoms with E-state index in [0.29, 0.717) is 5.56 Å². The molecule has 0 amide bonds. The molecule has 0 saturated heterocycles. The Labute approximate surface area is 173 Å². The molecule has 152 valence electrons. The number of nitrogens with one attached hydrogen (secondary N) is 1. The Morgan fingerprint density at radius 2 is 1.80 bits per heavy atom. The number of tetrazole rings is 1. The fourth-order valence-corrected chi connectivity index (χ4v) is 3.49. The predicted molar refractivity (Wildman–Crippen MR) is 110 cm³/mol. The van der Waals surface area contributed by atoms with Gasteiger partial charge in [0.15, 0.2) is 5.78 Å². The molecule has 8 nitrogen and oxygen atoms in total. The van der Waals surface area contributed by atoms with E-state index in [1.807, 2.05) is 43.3 Å². The number of carbonyl (C=O) groups is 2. The van der Waals surface area contributed by atoms with Crippen molar-refractivity contribution in [2.24, 2.45) is 0 Å². The Hall–Kier alpha value is -3.81. The van der Waals surface area contributed by atoms with Crippen LogP contribution in [0.25, 0.3) is 0 Å². The summed E-state index contributed by atoms with van der Waals surface area (Å²) >= 11 is 0. The number of esters is 1. The molecule has 0 saturated carbocycles. The van der Waals surface area contributed by atoms with Crippen molar-refractivity contribution in [3.8, 4) is 0 Å². The lowest BCUT2D eigenvalue weighted by atomic mass is 9.89. The topological polar surface area (TPSA) is 99.0 Å². The predicted octanol–water partition coefficient (Wildman–Crippen LogP) is 2.87. The van der Waals surface area contributed by atoms with Gasteiger partial charge >= 0.3 is 5.97 Å². The van der Waals surface area contributed by atoms with Crippen LogP contribution in [0.3, 0.4) is 0 Å². The number of ether oxygens (including phenoxy) is 1. The molecule has 0 aliphatic carbocycles. The first-order valence-electron chi connectivity index (χ1n) is 9.61. The van der Waals surface area contributed by atoms with Gasteiger partial charge < -0.3 is 10.1 Å². The summed E-state index contributed by atoms with van der Waals surface area (Å²) in [5.74, 6) is -0.691. The summed E-state index contributed by atoms with van der Waals surface area (Å²) in [5, 5.41) is 14.6. The van der Waals surface area contributed by atoms with Crippen LogP contribution in [-0.4, -0.2) is 39.1 Å². The van der Waals surface area contributed by atoms with Crippen molar-refractivity contribution < 1.29 is 14.3 Å². The summed E-state index contributed by atoms with van der Waals surface area (Å²) < 4.78 is 6.46. The molecular weight excluding hydrogens is 382 g/mol. The molecule has 1 aliphatic rings. The van der Waals surface area contributed by atoms with Crippen molar-refractivity contribution in [2.45, 2.75) is 26.3 Å². The number of nitrogens with zero attached hydrogens (tertiary/aromatic N) is 4. The second kappa shape index (κ2) is 7.90. The number of ketones is 1. The monoisotopic (exact) mass is 403 g/mol. The van der Waals surface area contributed by atoms with Gasteiger partial charge in [-0.3, -0.25) is 4.79 Å². The zero-order chi connectivity index (χ0) is 21.3. The highest BCUT2D eigenvalue weighted by Gasteiger charge is 2.38. The van der Waals surface area contributed by atoms with E-state index in [2.05, 4.69) is 27.8 Å². The third-order valence-corrected chi connectivity index (χ3v) is 5.17. The minimum absolute atomic E-state index is 0.0370. The lowest BCUT2D eigenvalue weighted by Gasteiger charge is -2.28. The maximum atomic E-state index is 13.6. The van der Waals surface area contributed by atoms with E-state index in [4.69, 9.17) is 4.74 Å². The van der Waals surface area contributed by atoms with Crippen molar-refractivity contribution in [2.75, 3.05) is 12.4 Å². The Morgan fingerprint density at radius 3 is 2.43 bits per heavy atom. The van der Waals surface area contributed by atoms with Crippen LogP contribution in [0.15, 0.2) is 59.8 Å². The van der Waals surface area contributed by atoms with Crippen LogP contribution in [0.2, 0.25) is 0 Å². The number of Topliss-reactive ketones (excluding diaryl/α,β-unsaturated/α-hetero) is 1. The lowest BCUT2D eigenvalue weighted by Crippen LogP contribution is -2.33. The molecule has 1 aromatic heterocycles. The van der Waals surface area contributed by atoms with E-state index in [1.54, 1.807) is 12.1 Å². The van der Waals surface area contributed by atoms with Crippen molar-refractivity contribution in [1.82, 2.24) is 20.2 Å². The molecule has 0 unspecified atom stereocenters. The maximum absolute atomic E-state index is 13.6. The van der Waals surface area contributed by atoms with Crippen molar-refractivity contribution in [3.63, 3.8) is 0 Å². The number of allylic oxidation sites excluding steroid dienone is 1. The second-order valence-electron chi connectivity index (χ2n) is 7.05. The summed E-state index contributed by atoms with van der Waals surface area (Å²) in [6.45, 7) is 4.02. The largest absolute Gasteiger partial charge is 0.464 e. The van der Waals surface area contributed by atoms with E-state index in [-0.39, 0.29) is 23.0 Å². The van der Waals surface area contributed by atoms with Gasteiger partial charge in [-0.15, -0.1) is 0 Å². The lowest BCUT2D eigenvalue weighted by molar-refractivity contribution is -0.136. The van der Waals surface area contributed by atoms with Crippen LogP contribution in [0.5, 0.6) is 0 Å². The molecule has 8 heteroatoms. The quantitative estimate of drug-likeness (QED) is 0.516. The standard InChI is InChI=1S/C22H21N5O3/c1-4-14-7-11-15(12-8-14)19-17(20(28)16-9-5-13(2)6-10-16)18(21(29)30-3)23-22-24-25-26-27(19)22/h5-12,19H,4H2,1-3H3,(H,23,24,26)/t19-/m1/s1. The first kappa shape index (κ1) is 19.5. The molecule has 0 fully saturated rings. The van der Waals surface area contributed by atoms with Crippen LogP contribution < -0.4 is 5.32 Å². The van der Waals surface area contributed by atoms with Crippen LogP contribution in [0.1, 0.15) is 40.0 Å². The Morgan fingerprint density at radius 1 is 1.10 bits per heavy atom. The van der Waals surface area contributed by atoms with E-state index < -0.39 is 12.0 Å². The molecule has 1 aliphatic heterocycles. The minimum Gasteiger partial charge on any atom is -0.464 e. The molecule has 0 spiro atoms. The van der Waals surface area contributed by atoms with Gasteiger partial charge in [-0.25, -0.2) is 4.79 Å². The summed E-state index contributed by atoms with van der Waals surface area (Å²) in [4.78, 5) is 26.2. The van der Waals surface area contributed by atoms with Crippen LogP contribution in [-0.2, 0) is 16.0 Å². The van der Waals surface area contributed by atoms with Crippen LogP contribution in [0, 0.1) is 6.92 Å². The summed E-state index contributed by atoms with van der Waals surface area (Å²) in [6, 6.07) is 14.4. The van der Waals surface area contributed by atoms with Gasteiger partial charge in [-0.1, -0.05) is 66.1 Å². The Bertz CT molecular complexity index is 1130. The highest BCUT2D eigenvalue weighted by atomic mass is 16.5. The number of aromatic nitrogens is 4. The normalized spacial score (nSPS) is 15.4. The number of methoxy groups -OCH3 is 1. The van der Waals surface area contributed by atoms with Crippen LogP contribution >= 0.6 is 0 Å². The number of hydrogen-bond donors (Lipinski definition) is 1.